The molecule has 2 aliphatic rings. The highest BCUT2D eigenvalue weighted by atomic mass is 16.4. The van der Waals surface area contributed by atoms with Crippen LogP contribution in [0.15, 0.2) is 72.8 Å². The molecule has 0 saturated carbocycles. The van der Waals surface area contributed by atoms with E-state index in [4.69, 9.17) is 20.4 Å². The topological polar surface area (TPSA) is 159 Å². The summed E-state index contributed by atoms with van der Waals surface area (Å²) in [6.07, 6.45) is 7.05. The van der Waals surface area contributed by atoms with E-state index in [1.807, 2.05) is 0 Å². The van der Waals surface area contributed by atoms with Crippen LogP contribution >= 0.6 is 0 Å². The molecule has 1 saturated heterocycles. The zero-order chi connectivity index (χ0) is 30.9. The molecule has 2 aromatic rings. The van der Waals surface area contributed by atoms with Crippen molar-refractivity contribution in [3.05, 3.63) is 84.0 Å². The van der Waals surface area contributed by atoms with Crippen LogP contribution in [0.5, 0.6) is 0 Å². The van der Waals surface area contributed by atoms with E-state index >= 15 is 0 Å². The fourth-order valence-corrected chi connectivity index (χ4v) is 4.57. The lowest BCUT2D eigenvalue weighted by Gasteiger charge is -2.32. The first kappa shape index (κ1) is 33.7. The maximum absolute atomic E-state index is 9.55. The Hall–Kier alpha value is -4.48. The zero-order valence-electron chi connectivity index (χ0n) is 23.8. The third-order valence-corrected chi connectivity index (χ3v) is 6.67. The van der Waals surface area contributed by atoms with E-state index in [2.05, 4.69) is 70.3 Å². The first-order valence-corrected chi connectivity index (χ1v) is 13.7. The molecule has 1 fully saturated rings. The molecule has 0 aromatic heterocycles. The number of hydrogen-bond donors (Lipinski definition) is 4. The number of nitrogens with zero attached hydrogens (tertiary/aromatic N) is 3. The van der Waals surface area contributed by atoms with Crippen LogP contribution in [0.2, 0.25) is 0 Å². The Morgan fingerprint density at radius 3 is 1.40 bits per heavy atom. The Balaban J connectivity index is 0.000000319. The van der Waals surface area contributed by atoms with Crippen LogP contribution in [0.1, 0.15) is 24.0 Å². The molecule has 42 heavy (non-hydrogen) atoms. The summed E-state index contributed by atoms with van der Waals surface area (Å²) in [5.74, 6) is -5.03. The molecule has 0 atom stereocenters. The van der Waals surface area contributed by atoms with Crippen molar-refractivity contribution in [3.8, 4) is 0 Å². The number of aliphatic carboxylic acids is 4. The maximum atomic E-state index is 9.55. The standard InChI is InChI=1S/C23H31N3.2C4H4O4/c1-24-16-18-25(19-17-24)14-6-7-15-26-22-10-4-2-8-20(22)12-13-21-9-3-5-11-23(21)26;2*5-3(6)1-2-4(7)8/h2-5,8-11H,6-7,12-19H2,1H3;2*1-2H,(H,5,6)(H,7,8)/b;2*2-1-. The Bertz CT molecular complexity index is 1140. The van der Waals surface area contributed by atoms with Gasteiger partial charge in [0.05, 0.1) is 0 Å². The number of rotatable bonds is 9. The highest BCUT2D eigenvalue weighted by molar-refractivity contribution is 5.90. The summed E-state index contributed by atoms with van der Waals surface area (Å²) in [6.45, 7) is 7.24. The van der Waals surface area contributed by atoms with Gasteiger partial charge in [-0.05, 0) is 62.5 Å². The minimum atomic E-state index is -1.26. The van der Waals surface area contributed by atoms with Crippen molar-refractivity contribution < 1.29 is 39.6 Å². The average Bonchev–Trinajstić information content (AvgIpc) is 3.12. The average molecular weight is 582 g/mol. The van der Waals surface area contributed by atoms with Gasteiger partial charge in [-0.3, -0.25) is 0 Å². The van der Waals surface area contributed by atoms with Gasteiger partial charge >= 0.3 is 23.9 Å². The number of piperazine rings is 1. The van der Waals surface area contributed by atoms with Crippen LogP contribution < -0.4 is 4.90 Å². The second-order valence-corrected chi connectivity index (χ2v) is 9.78. The van der Waals surface area contributed by atoms with Crippen LogP contribution in [-0.2, 0) is 32.0 Å². The molecule has 0 bridgehead atoms. The quantitative estimate of drug-likeness (QED) is 0.254. The van der Waals surface area contributed by atoms with Gasteiger partial charge in [0.2, 0.25) is 0 Å². The first-order chi connectivity index (χ1) is 20.1. The molecule has 0 unspecified atom stereocenters. The summed E-state index contributed by atoms with van der Waals surface area (Å²) in [5, 5.41) is 31.2. The molecular weight excluding hydrogens is 542 g/mol. The van der Waals surface area contributed by atoms with Gasteiger partial charge in [0, 0.05) is 68.4 Å². The Morgan fingerprint density at radius 2 is 1.00 bits per heavy atom. The maximum Gasteiger partial charge on any atom is 0.328 e. The summed E-state index contributed by atoms with van der Waals surface area (Å²) in [6, 6.07) is 17.9. The lowest BCUT2D eigenvalue weighted by molar-refractivity contribution is -0.134. The summed E-state index contributed by atoms with van der Waals surface area (Å²) in [4.78, 5) is 45.8. The van der Waals surface area contributed by atoms with Gasteiger partial charge in [0.25, 0.3) is 0 Å². The smallest absolute Gasteiger partial charge is 0.328 e. The second-order valence-electron chi connectivity index (χ2n) is 9.78. The van der Waals surface area contributed by atoms with Gasteiger partial charge in [-0.1, -0.05) is 36.4 Å². The molecule has 0 aliphatic carbocycles. The van der Waals surface area contributed by atoms with E-state index < -0.39 is 23.9 Å². The number of hydrogen-bond acceptors (Lipinski definition) is 7. The van der Waals surface area contributed by atoms with Gasteiger partial charge in [0.15, 0.2) is 0 Å². The normalized spacial score (nSPS) is 14.9. The number of fused-ring (bicyclic) bond motifs is 2. The molecule has 2 heterocycles. The number of unbranched alkanes of at least 4 members (excludes halogenated alkanes) is 1. The first-order valence-electron chi connectivity index (χ1n) is 13.7. The van der Waals surface area contributed by atoms with Crippen LogP contribution in [0.3, 0.4) is 0 Å². The van der Waals surface area contributed by atoms with Crippen LogP contribution in [0.25, 0.3) is 0 Å². The lowest BCUT2D eigenvalue weighted by Crippen LogP contribution is -2.44. The number of anilines is 2. The third-order valence-electron chi connectivity index (χ3n) is 6.67. The predicted octanol–water partition coefficient (Wildman–Crippen LogP) is 3.37. The Kier molecular flexibility index (Phi) is 14.5. The van der Waals surface area contributed by atoms with Crippen molar-refractivity contribution in [1.82, 2.24) is 9.80 Å². The highest BCUT2D eigenvalue weighted by Gasteiger charge is 2.20. The molecule has 0 radical (unpaired) electrons. The van der Waals surface area contributed by atoms with Crippen molar-refractivity contribution in [2.45, 2.75) is 25.7 Å². The fraction of sp³-hybridized carbons (Fsp3) is 0.355. The number of benzene rings is 2. The largest absolute Gasteiger partial charge is 0.478 e. The molecule has 11 heteroatoms. The molecule has 2 aliphatic heterocycles. The number of likely N-dealkylation sites (N-methyl/N-ethyl adjacent to an activating group) is 1. The van der Waals surface area contributed by atoms with Crippen LogP contribution in [0.4, 0.5) is 11.4 Å². The molecule has 0 amide bonds. The van der Waals surface area contributed by atoms with Crippen molar-refractivity contribution in [3.63, 3.8) is 0 Å². The van der Waals surface area contributed by atoms with Gasteiger partial charge in [-0.15, -0.1) is 0 Å². The van der Waals surface area contributed by atoms with Crippen molar-refractivity contribution in [2.24, 2.45) is 0 Å². The van der Waals surface area contributed by atoms with E-state index in [0.29, 0.717) is 24.3 Å². The number of para-hydroxylation sites is 2. The summed E-state index contributed by atoms with van der Waals surface area (Å²) in [7, 11) is 2.23. The van der Waals surface area contributed by atoms with Gasteiger partial charge in [-0.25, -0.2) is 19.2 Å². The predicted molar refractivity (Wildman–Crippen MR) is 159 cm³/mol. The van der Waals surface area contributed by atoms with E-state index in [1.165, 1.54) is 68.1 Å². The number of carboxylic acid groups (broad SMARTS) is 4. The number of aryl methyl sites for hydroxylation is 2. The molecular formula is C31H39N3O8. The highest BCUT2D eigenvalue weighted by Crippen LogP contribution is 2.35. The molecule has 0 spiro atoms. The fourth-order valence-electron chi connectivity index (χ4n) is 4.57. The molecule has 4 N–H and O–H groups in total. The van der Waals surface area contributed by atoms with Crippen molar-refractivity contribution in [1.29, 1.82) is 0 Å². The Morgan fingerprint density at radius 1 is 0.619 bits per heavy atom. The number of carbonyl (C=O) groups is 4. The molecule has 2 aromatic carbocycles. The monoisotopic (exact) mass is 581 g/mol. The molecule has 4 rings (SSSR count). The minimum Gasteiger partial charge on any atom is -0.478 e. The second kappa shape index (κ2) is 18.1. The third kappa shape index (κ3) is 12.8. The lowest BCUT2D eigenvalue weighted by atomic mass is 10.0. The van der Waals surface area contributed by atoms with E-state index in [-0.39, 0.29) is 0 Å². The van der Waals surface area contributed by atoms with E-state index in [0.717, 1.165) is 19.4 Å². The van der Waals surface area contributed by atoms with E-state index in [9.17, 15) is 19.2 Å². The molecule has 226 valence electrons. The zero-order valence-corrected chi connectivity index (χ0v) is 23.8. The van der Waals surface area contributed by atoms with Gasteiger partial charge < -0.3 is 35.1 Å². The van der Waals surface area contributed by atoms with Crippen molar-refractivity contribution in [2.75, 3.05) is 51.2 Å². The summed E-state index contributed by atoms with van der Waals surface area (Å²) < 4.78 is 0. The summed E-state index contributed by atoms with van der Waals surface area (Å²) >= 11 is 0. The minimum absolute atomic E-state index is 0.558. The molecule has 11 nitrogen and oxygen atoms in total. The SMILES string of the molecule is CN1CCN(CCCCN2c3ccccc3CCc3ccccc32)CC1.O=C(O)/C=C\C(=O)O.O=C(O)/C=C\C(=O)O. The van der Waals surface area contributed by atoms with Crippen molar-refractivity contribution >= 4 is 35.3 Å². The Labute approximate surface area is 245 Å². The van der Waals surface area contributed by atoms with E-state index in [1.54, 1.807) is 0 Å². The van der Waals surface area contributed by atoms with Gasteiger partial charge in [-0.2, -0.15) is 0 Å². The van der Waals surface area contributed by atoms with Crippen LogP contribution in [-0.4, -0.2) is 100 Å². The van der Waals surface area contributed by atoms with Gasteiger partial charge in [0.1, 0.15) is 0 Å². The number of carboxylic acids is 4. The van der Waals surface area contributed by atoms with Crippen LogP contribution in [0, 0.1) is 0 Å². The summed E-state index contributed by atoms with van der Waals surface area (Å²) in [5.41, 5.74) is 5.81.